The van der Waals surface area contributed by atoms with Crippen molar-refractivity contribution in [1.29, 1.82) is 0 Å². The number of nitrogens with zero attached hydrogens (tertiary/aromatic N) is 2. The molecule has 0 aliphatic heterocycles. The van der Waals surface area contributed by atoms with Gasteiger partial charge in [0, 0.05) is 25.1 Å². The number of ether oxygens (including phenoxy) is 1. The van der Waals surface area contributed by atoms with Crippen LogP contribution < -0.4 is 4.90 Å². The molecule has 0 saturated heterocycles. The Bertz CT molecular complexity index is 583. The molecular weight excluding hydrogens is 284 g/mol. The molecule has 0 bridgehead atoms. The van der Waals surface area contributed by atoms with E-state index in [0.717, 1.165) is 16.4 Å². The van der Waals surface area contributed by atoms with Crippen LogP contribution in [0.25, 0.3) is 0 Å². The van der Waals surface area contributed by atoms with Crippen molar-refractivity contribution in [3.63, 3.8) is 0 Å². The Balaban J connectivity index is 2.02. The maximum atomic E-state index is 12.2. The van der Waals surface area contributed by atoms with E-state index in [1.54, 1.807) is 18.4 Å². The summed E-state index contributed by atoms with van der Waals surface area (Å²) in [5.41, 5.74) is 1.55. The van der Waals surface area contributed by atoms with E-state index in [9.17, 15) is 4.79 Å². The molecule has 0 spiro atoms. The average molecular weight is 304 g/mol. The standard InChI is InChI=1S/C16H20N2O2S/c1-12(10-20-3)18(2)16-17-14(11-21-16)9-15(19)13-7-5-4-6-8-13/h4-8,11-12H,9-10H2,1-3H3. The Hall–Kier alpha value is -1.72. The largest absolute Gasteiger partial charge is 0.383 e. The Morgan fingerprint density at radius 3 is 2.76 bits per heavy atom. The molecular formula is C16H20N2O2S. The molecule has 1 unspecified atom stereocenters. The van der Waals surface area contributed by atoms with Crippen LogP contribution in [0.2, 0.25) is 0 Å². The molecule has 21 heavy (non-hydrogen) atoms. The number of methoxy groups -OCH3 is 1. The first-order chi connectivity index (χ1) is 10.1. The zero-order valence-electron chi connectivity index (χ0n) is 12.6. The zero-order chi connectivity index (χ0) is 15.2. The molecule has 1 aromatic heterocycles. The molecule has 0 amide bonds. The first-order valence-corrected chi connectivity index (χ1v) is 7.74. The number of rotatable bonds is 7. The van der Waals surface area contributed by atoms with Crippen molar-refractivity contribution >= 4 is 22.3 Å². The molecule has 0 radical (unpaired) electrons. The van der Waals surface area contributed by atoms with Gasteiger partial charge in [-0.2, -0.15) is 0 Å². The number of carbonyl (C=O) groups excluding carboxylic acids is 1. The molecule has 2 aromatic rings. The third kappa shape index (κ3) is 4.12. The van der Waals surface area contributed by atoms with Gasteiger partial charge in [-0.15, -0.1) is 11.3 Å². The van der Waals surface area contributed by atoms with E-state index in [0.29, 0.717) is 13.0 Å². The van der Waals surface area contributed by atoms with Gasteiger partial charge in [-0.05, 0) is 6.92 Å². The quantitative estimate of drug-likeness (QED) is 0.737. The van der Waals surface area contributed by atoms with Gasteiger partial charge < -0.3 is 9.64 Å². The van der Waals surface area contributed by atoms with Crippen LogP contribution in [0.4, 0.5) is 5.13 Å². The van der Waals surface area contributed by atoms with Crippen molar-refractivity contribution in [3.8, 4) is 0 Å². The molecule has 4 nitrogen and oxygen atoms in total. The van der Waals surface area contributed by atoms with E-state index in [-0.39, 0.29) is 11.8 Å². The lowest BCUT2D eigenvalue weighted by Crippen LogP contribution is -2.32. The van der Waals surface area contributed by atoms with Crippen LogP contribution in [-0.2, 0) is 11.2 Å². The number of benzene rings is 1. The minimum atomic E-state index is 0.0973. The predicted molar refractivity (Wildman–Crippen MR) is 86.3 cm³/mol. The topological polar surface area (TPSA) is 42.4 Å². The smallest absolute Gasteiger partial charge is 0.185 e. The highest BCUT2D eigenvalue weighted by atomic mass is 32.1. The van der Waals surface area contributed by atoms with Crippen molar-refractivity contribution in [1.82, 2.24) is 4.98 Å². The second-order valence-electron chi connectivity index (χ2n) is 5.00. The number of ketones is 1. The van der Waals surface area contributed by atoms with Crippen LogP contribution in [0.3, 0.4) is 0 Å². The molecule has 0 saturated carbocycles. The number of hydrogen-bond acceptors (Lipinski definition) is 5. The van der Waals surface area contributed by atoms with Crippen molar-refractivity contribution in [3.05, 3.63) is 47.0 Å². The number of anilines is 1. The third-order valence-electron chi connectivity index (χ3n) is 3.35. The normalized spacial score (nSPS) is 12.1. The van der Waals surface area contributed by atoms with Gasteiger partial charge >= 0.3 is 0 Å². The molecule has 0 N–H and O–H groups in total. The highest BCUT2D eigenvalue weighted by Gasteiger charge is 2.15. The summed E-state index contributed by atoms with van der Waals surface area (Å²) in [4.78, 5) is 18.8. The summed E-state index contributed by atoms with van der Waals surface area (Å²) in [7, 11) is 3.68. The van der Waals surface area contributed by atoms with E-state index in [2.05, 4.69) is 16.8 Å². The first-order valence-electron chi connectivity index (χ1n) is 6.86. The van der Waals surface area contributed by atoms with Crippen LogP contribution in [0.15, 0.2) is 35.7 Å². The number of thiazole rings is 1. The van der Waals surface area contributed by atoms with Gasteiger partial charge in [-0.1, -0.05) is 30.3 Å². The van der Waals surface area contributed by atoms with Crippen LogP contribution >= 0.6 is 11.3 Å². The van der Waals surface area contributed by atoms with Crippen molar-refractivity contribution in [2.75, 3.05) is 25.7 Å². The lowest BCUT2D eigenvalue weighted by Gasteiger charge is -2.23. The Labute approximate surface area is 129 Å². The minimum absolute atomic E-state index is 0.0973. The fraction of sp³-hybridized carbons (Fsp3) is 0.375. The summed E-state index contributed by atoms with van der Waals surface area (Å²) in [6.07, 6.45) is 0.340. The molecule has 1 aromatic carbocycles. The van der Waals surface area contributed by atoms with Crippen molar-refractivity contribution in [2.45, 2.75) is 19.4 Å². The molecule has 0 aliphatic carbocycles. The van der Waals surface area contributed by atoms with Gasteiger partial charge in [0.1, 0.15) is 0 Å². The zero-order valence-corrected chi connectivity index (χ0v) is 13.4. The Kier molecular flexibility index (Phi) is 5.47. The van der Waals surface area contributed by atoms with E-state index >= 15 is 0 Å². The van der Waals surface area contributed by atoms with E-state index < -0.39 is 0 Å². The second-order valence-corrected chi connectivity index (χ2v) is 5.84. The first kappa shape index (κ1) is 15.7. The summed E-state index contributed by atoms with van der Waals surface area (Å²) in [5, 5.41) is 2.86. The fourth-order valence-corrected chi connectivity index (χ4v) is 2.87. The Morgan fingerprint density at radius 1 is 1.38 bits per heavy atom. The minimum Gasteiger partial charge on any atom is -0.383 e. The summed E-state index contributed by atoms with van der Waals surface area (Å²) >= 11 is 1.56. The van der Waals surface area contributed by atoms with Gasteiger partial charge in [0.05, 0.1) is 24.8 Å². The van der Waals surface area contributed by atoms with E-state index in [1.807, 2.05) is 42.8 Å². The fourth-order valence-electron chi connectivity index (χ4n) is 1.97. The van der Waals surface area contributed by atoms with Gasteiger partial charge in [-0.25, -0.2) is 4.98 Å². The number of carbonyl (C=O) groups is 1. The highest BCUT2D eigenvalue weighted by molar-refractivity contribution is 7.13. The van der Waals surface area contributed by atoms with Crippen LogP contribution in [0.5, 0.6) is 0 Å². The SMILES string of the molecule is COCC(C)N(C)c1nc(CC(=O)c2ccccc2)cs1. The summed E-state index contributed by atoms with van der Waals surface area (Å²) in [5.74, 6) is 0.0973. The van der Waals surface area contributed by atoms with Crippen LogP contribution in [0.1, 0.15) is 23.0 Å². The number of likely N-dealkylation sites (N-methyl/N-ethyl adjacent to an activating group) is 1. The number of Topliss-reactive ketones (excluding diaryl/α,β-unsaturated/α-hetero) is 1. The van der Waals surface area contributed by atoms with Gasteiger partial charge in [0.25, 0.3) is 0 Å². The molecule has 2 rings (SSSR count). The van der Waals surface area contributed by atoms with Gasteiger partial charge in [-0.3, -0.25) is 4.79 Å². The monoisotopic (exact) mass is 304 g/mol. The highest BCUT2D eigenvalue weighted by Crippen LogP contribution is 2.22. The molecule has 1 heterocycles. The van der Waals surface area contributed by atoms with E-state index in [1.165, 1.54) is 0 Å². The van der Waals surface area contributed by atoms with Gasteiger partial charge in [0.15, 0.2) is 10.9 Å². The molecule has 1 atom stereocenters. The van der Waals surface area contributed by atoms with Crippen LogP contribution in [0, 0.1) is 0 Å². The summed E-state index contributed by atoms with van der Waals surface area (Å²) in [6.45, 7) is 2.73. The molecule has 0 fully saturated rings. The maximum Gasteiger partial charge on any atom is 0.185 e. The summed E-state index contributed by atoms with van der Waals surface area (Å²) in [6, 6.07) is 9.58. The van der Waals surface area contributed by atoms with Crippen molar-refractivity contribution in [2.24, 2.45) is 0 Å². The van der Waals surface area contributed by atoms with Gasteiger partial charge in [0.2, 0.25) is 0 Å². The lowest BCUT2D eigenvalue weighted by molar-refractivity contribution is 0.0992. The van der Waals surface area contributed by atoms with Crippen LogP contribution in [-0.4, -0.2) is 37.6 Å². The average Bonchev–Trinajstić information content (AvgIpc) is 2.96. The summed E-state index contributed by atoms with van der Waals surface area (Å²) < 4.78 is 5.16. The third-order valence-corrected chi connectivity index (χ3v) is 4.33. The second kappa shape index (κ2) is 7.33. The lowest BCUT2D eigenvalue weighted by atomic mass is 10.1. The number of aromatic nitrogens is 1. The molecule has 5 heteroatoms. The molecule has 112 valence electrons. The predicted octanol–water partition coefficient (Wildman–Crippen LogP) is 3.04. The number of hydrogen-bond donors (Lipinski definition) is 0. The molecule has 0 aliphatic rings. The van der Waals surface area contributed by atoms with E-state index in [4.69, 9.17) is 4.74 Å². The Morgan fingerprint density at radius 2 is 2.10 bits per heavy atom. The maximum absolute atomic E-state index is 12.2. The van der Waals surface area contributed by atoms with Crippen molar-refractivity contribution < 1.29 is 9.53 Å².